The van der Waals surface area contributed by atoms with Crippen LogP contribution in [0.5, 0.6) is 5.75 Å². The summed E-state index contributed by atoms with van der Waals surface area (Å²) in [6.07, 6.45) is 1.09. The summed E-state index contributed by atoms with van der Waals surface area (Å²) in [4.78, 5) is 52.1. The molecule has 4 amide bonds. The Morgan fingerprint density at radius 1 is 1.14 bits per heavy atom. The maximum absolute atomic E-state index is 12.8. The molecular weight excluding hydrogens is 376 g/mol. The van der Waals surface area contributed by atoms with Crippen LogP contribution in [0.1, 0.15) is 40.0 Å². The second-order valence-electron chi connectivity index (χ2n) is 7.65. The first kappa shape index (κ1) is 19.5. The van der Waals surface area contributed by atoms with Crippen LogP contribution in [0, 0.1) is 0 Å². The van der Waals surface area contributed by atoms with Gasteiger partial charge in [0.25, 0.3) is 11.8 Å². The SMILES string of the molecule is CN(CCCOc1ccc2c(c1)C(=O)N(C1CCC(=O)NC1=O)C2=O)C1CNC1. The number of amides is 4. The Kier molecular flexibility index (Phi) is 5.33. The molecule has 1 aromatic rings. The number of rotatable bonds is 7. The van der Waals surface area contributed by atoms with E-state index in [9.17, 15) is 19.2 Å². The van der Waals surface area contributed by atoms with Gasteiger partial charge in [0, 0.05) is 32.1 Å². The Hall–Kier alpha value is -2.78. The van der Waals surface area contributed by atoms with Gasteiger partial charge in [-0.25, -0.2) is 0 Å². The van der Waals surface area contributed by atoms with E-state index in [1.54, 1.807) is 18.2 Å². The van der Waals surface area contributed by atoms with E-state index in [0.717, 1.165) is 31.0 Å². The number of nitrogens with one attached hydrogen (secondary N) is 2. The fourth-order valence-electron chi connectivity index (χ4n) is 3.81. The molecule has 0 saturated carbocycles. The zero-order valence-electron chi connectivity index (χ0n) is 16.3. The van der Waals surface area contributed by atoms with Crippen molar-refractivity contribution in [2.75, 3.05) is 33.3 Å². The summed E-state index contributed by atoms with van der Waals surface area (Å²) in [5.41, 5.74) is 0.485. The third-order valence-corrected chi connectivity index (χ3v) is 5.72. The van der Waals surface area contributed by atoms with Crippen LogP contribution in [-0.4, -0.2) is 78.8 Å². The largest absolute Gasteiger partial charge is 0.494 e. The van der Waals surface area contributed by atoms with Crippen LogP contribution >= 0.6 is 0 Å². The average molecular weight is 400 g/mol. The Labute approximate surface area is 168 Å². The predicted octanol–water partition coefficient (Wildman–Crippen LogP) is -0.240. The molecule has 3 aliphatic rings. The van der Waals surface area contributed by atoms with Gasteiger partial charge in [0.15, 0.2) is 0 Å². The lowest BCUT2D eigenvalue weighted by Crippen LogP contribution is -2.56. The van der Waals surface area contributed by atoms with Crippen LogP contribution in [0.2, 0.25) is 0 Å². The molecule has 0 aromatic heterocycles. The number of ether oxygens (including phenoxy) is 1. The van der Waals surface area contributed by atoms with E-state index in [2.05, 4.69) is 22.6 Å². The lowest BCUT2D eigenvalue weighted by molar-refractivity contribution is -0.136. The number of hydrogen-bond acceptors (Lipinski definition) is 7. The molecule has 3 heterocycles. The minimum absolute atomic E-state index is 0.101. The molecular formula is C20H24N4O5. The van der Waals surface area contributed by atoms with Crippen molar-refractivity contribution in [3.63, 3.8) is 0 Å². The summed E-state index contributed by atoms with van der Waals surface area (Å²) < 4.78 is 5.76. The molecule has 9 heteroatoms. The molecule has 1 unspecified atom stereocenters. The predicted molar refractivity (Wildman–Crippen MR) is 103 cm³/mol. The number of carbonyl (C=O) groups excluding carboxylic acids is 4. The number of nitrogens with zero attached hydrogens (tertiary/aromatic N) is 2. The van der Waals surface area contributed by atoms with Gasteiger partial charge in [-0.05, 0) is 38.1 Å². The highest BCUT2D eigenvalue weighted by Crippen LogP contribution is 2.30. The third kappa shape index (κ3) is 3.75. The standard InChI is InChI=1S/C20H24N4O5/c1-23(12-10-21-11-12)7-2-8-29-13-3-4-14-15(9-13)20(28)24(19(14)27)16-5-6-17(25)22-18(16)26/h3-4,9,12,16,21H,2,5-8,10-11H2,1H3,(H,22,25,26). The molecule has 2 N–H and O–H groups in total. The van der Waals surface area contributed by atoms with Gasteiger partial charge in [0.1, 0.15) is 11.8 Å². The maximum Gasteiger partial charge on any atom is 0.262 e. The molecule has 0 radical (unpaired) electrons. The molecule has 1 atom stereocenters. The molecule has 2 fully saturated rings. The summed E-state index contributed by atoms with van der Waals surface area (Å²) in [6, 6.07) is 4.40. The summed E-state index contributed by atoms with van der Waals surface area (Å²) >= 11 is 0. The Morgan fingerprint density at radius 3 is 2.59 bits per heavy atom. The van der Waals surface area contributed by atoms with Crippen molar-refractivity contribution in [2.24, 2.45) is 0 Å². The van der Waals surface area contributed by atoms with E-state index in [1.807, 2.05) is 0 Å². The van der Waals surface area contributed by atoms with Crippen molar-refractivity contribution in [1.29, 1.82) is 0 Å². The lowest BCUT2D eigenvalue weighted by Gasteiger charge is -2.35. The molecule has 4 rings (SSSR count). The number of carbonyl (C=O) groups is 4. The number of likely N-dealkylation sites (N-methyl/N-ethyl adjacent to an activating group) is 1. The van der Waals surface area contributed by atoms with Crippen molar-refractivity contribution in [3.05, 3.63) is 29.3 Å². The van der Waals surface area contributed by atoms with Gasteiger partial charge in [-0.1, -0.05) is 0 Å². The fourth-order valence-corrected chi connectivity index (χ4v) is 3.81. The fraction of sp³-hybridized carbons (Fsp3) is 0.500. The van der Waals surface area contributed by atoms with E-state index < -0.39 is 29.7 Å². The molecule has 1 aromatic carbocycles. The smallest absolute Gasteiger partial charge is 0.262 e. The van der Waals surface area contributed by atoms with Gasteiger partial charge in [-0.2, -0.15) is 0 Å². The van der Waals surface area contributed by atoms with Crippen molar-refractivity contribution >= 4 is 23.6 Å². The van der Waals surface area contributed by atoms with Gasteiger partial charge in [0.2, 0.25) is 11.8 Å². The first-order valence-electron chi connectivity index (χ1n) is 9.85. The van der Waals surface area contributed by atoms with E-state index in [0.29, 0.717) is 18.4 Å². The van der Waals surface area contributed by atoms with Crippen LogP contribution in [0.4, 0.5) is 0 Å². The molecule has 29 heavy (non-hydrogen) atoms. The molecule has 3 aliphatic heterocycles. The maximum atomic E-state index is 12.8. The van der Waals surface area contributed by atoms with Crippen LogP contribution in [0.15, 0.2) is 18.2 Å². The highest BCUT2D eigenvalue weighted by Gasteiger charge is 2.44. The minimum atomic E-state index is -0.957. The number of fused-ring (bicyclic) bond motifs is 1. The highest BCUT2D eigenvalue weighted by molar-refractivity contribution is 6.23. The molecule has 0 bridgehead atoms. The van der Waals surface area contributed by atoms with Crippen LogP contribution < -0.4 is 15.4 Å². The Morgan fingerprint density at radius 2 is 1.90 bits per heavy atom. The normalized spacial score (nSPS) is 22.0. The van der Waals surface area contributed by atoms with Gasteiger partial charge < -0.3 is 15.0 Å². The van der Waals surface area contributed by atoms with E-state index >= 15 is 0 Å². The Bertz CT molecular complexity index is 866. The third-order valence-electron chi connectivity index (χ3n) is 5.72. The monoisotopic (exact) mass is 400 g/mol. The van der Waals surface area contributed by atoms with Crippen molar-refractivity contribution < 1.29 is 23.9 Å². The molecule has 0 aliphatic carbocycles. The van der Waals surface area contributed by atoms with Crippen LogP contribution in [-0.2, 0) is 9.59 Å². The molecule has 154 valence electrons. The summed E-state index contributed by atoms with van der Waals surface area (Å²) in [5.74, 6) is -1.53. The quantitative estimate of drug-likeness (QED) is 0.480. The van der Waals surface area contributed by atoms with Crippen LogP contribution in [0.25, 0.3) is 0 Å². The first-order chi connectivity index (χ1) is 14.0. The summed E-state index contributed by atoms with van der Waals surface area (Å²) in [6.45, 7) is 3.45. The van der Waals surface area contributed by atoms with Crippen molar-refractivity contribution in [2.45, 2.75) is 31.3 Å². The first-order valence-corrected chi connectivity index (χ1v) is 9.85. The zero-order valence-corrected chi connectivity index (χ0v) is 16.3. The van der Waals surface area contributed by atoms with Gasteiger partial charge >= 0.3 is 0 Å². The Balaban J connectivity index is 1.37. The second kappa shape index (κ2) is 7.92. The zero-order chi connectivity index (χ0) is 20.5. The summed E-state index contributed by atoms with van der Waals surface area (Å²) in [7, 11) is 2.09. The molecule has 2 saturated heterocycles. The molecule has 9 nitrogen and oxygen atoms in total. The lowest BCUT2D eigenvalue weighted by atomic mass is 10.0. The van der Waals surface area contributed by atoms with Gasteiger partial charge in [-0.15, -0.1) is 0 Å². The number of hydrogen-bond donors (Lipinski definition) is 2. The second-order valence-corrected chi connectivity index (χ2v) is 7.65. The van der Waals surface area contributed by atoms with E-state index in [4.69, 9.17) is 4.74 Å². The topological polar surface area (TPSA) is 108 Å². The number of benzene rings is 1. The van der Waals surface area contributed by atoms with Gasteiger partial charge in [-0.3, -0.25) is 29.4 Å². The van der Waals surface area contributed by atoms with Crippen LogP contribution in [0.3, 0.4) is 0 Å². The van der Waals surface area contributed by atoms with E-state index in [1.165, 1.54) is 0 Å². The number of imide groups is 2. The van der Waals surface area contributed by atoms with Crippen molar-refractivity contribution in [1.82, 2.24) is 20.4 Å². The van der Waals surface area contributed by atoms with Gasteiger partial charge in [0.05, 0.1) is 17.7 Å². The highest BCUT2D eigenvalue weighted by atomic mass is 16.5. The number of piperidine rings is 1. The average Bonchev–Trinajstić information content (AvgIpc) is 2.88. The summed E-state index contributed by atoms with van der Waals surface area (Å²) in [5, 5.41) is 5.43. The van der Waals surface area contributed by atoms with Crippen molar-refractivity contribution in [3.8, 4) is 5.75 Å². The van der Waals surface area contributed by atoms with E-state index in [-0.39, 0.29) is 24.0 Å². The molecule has 0 spiro atoms. The minimum Gasteiger partial charge on any atom is -0.494 e.